The number of hydrogen-bond acceptors (Lipinski definition) is 5. The molecule has 2 aliphatic rings. The fraction of sp³-hybridized carbons (Fsp3) is 0.600. The molecule has 1 heterocycles. The van der Waals surface area contributed by atoms with Gasteiger partial charge in [0.2, 0.25) is 0 Å². The molecule has 6 heteroatoms. The Balaban J connectivity index is 1.54. The van der Waals surface area contributed by atoms with E-state index in [1.807, 2.05) is 6.92 Å². The molecule has 0 amide bonds. The highest BCUT2D eigenvalue weighted by Crippen LogP contribution is 2.31. The van der Waals surface area contributed by atoms with Crippen molar-refractivity contribution >= 4 is 10.1 Å². The Bertz CT molecular complexity index is 572. The van der Waals surface area contributed by atoms with Gasteiger partial charge >= 0.3 is 0 Å². The molecule has 21 heavy (non-hydrogen) atoms. The lowest BCUT2D eigenvalue weighted by Crippen LogP contribution is -2.52. The summed E-state index contributed by atoms with van der Waals surface area (Å²) >= 11 is 0. The van der Waals surface area contributed by atoms with Crippen LogP contribution in [-0.2, 0) is 19.0 Å². The molecule has 1 saturated heterocycles. The van der Waals surface area contributed by atoms with Crippen molar-refractivity contribution in [3.63, 3.8) is 0 Å². The van der Waals surface area contributed by atoms with Crippen molar-refractivity contribution in [3.8, 4) is 0 Å². The minimum atomic E-state index is -3.63. The first-order valence-corrected chi connectivity index (χ1v) is 8.77. The van der Waals surface area contributed by atoms with E-state index in [9.17, 15) is 8.42 Å². The van der Waals surface area contributed by atoms with Crippen LogP contribution in [0.15, 0.2) is 29.2 Å². The molecule has 2 fully saturated rings. The zero-order valence-electron chi connectivity index (χ0n) is 12.2. The van der Waals surface area contributed by atoms with E-state index in [0.29, 0.717) is 6.04 Å². The molecule has 1 saturated carbocycles. The molecule has 0 unspecified atom stereocenters. The van der Waals surface area contributed by atoms with Gasteiger partial charge in [-0.05, 0) is 31.9 Å². The van der Waals surface area contributed by atoms with Gasteiger partial charge in [-0.1, -0.05) is 17.7 Å². The standard InChI is InChI=1S/C15H21NO4S/c1-12-2-4-15(5-3-12)21(17,18)20-14-10-13(11-14)16-6-8-19-9-7-16/h2-5,13-14H,6-11H2,1H3/t13-,14+. The SMILES string of the molecule is Cc1ccc(S(=O)(=O)O[C@H]2C[C@@H](N3CCOCC3)C2)cc1. The predicted octanol–water partition coefficient (Wildman–Crippen LogP) is 1.56. The lowest BCUT2D eigenvalue weighted by Gasteiger charge is -2.43. The van der Waals surface area contributed by atoms with Crippen LogP contribution in [0.1, 0.15) is 18.4 Å². The minimum Gasteiger partial charge on any atom is -0.379 e. The summed E-state index contributed by atoms with van der Waals surface area (Å²) in [5, 5.41) is 0. The maximum atomic E-state index is 12.2. The molecule has 5 nitrogen and oxygen atoms in total. The molecule has 1 aliphatic heterocycles. The van der Waals surface area contributed by atoms with Crippen molar-refractivity contribution in [2.24, 2.45) is 0 Å². The second kappa shape index (κ2) is 6.04. The first-order chi connectivity index (χ1) is 10.0. The molecule has 0 bridgehead atoms. The van der Waals surface area contributed by atoms with E-state index in [1.54, 1.807) is 24.3 Å². The number of morpholine rings is 1. The predicted molar refractivity (Wildman–Crippen MR) is 78.7 cm³/mol. The average Bonchev–Trinajstić information content (AvgIpc) is 2.44. The maximum Gasteiger partial charge on any atom is 0.297 e. The molecule has 0 aromatic heterocycles. The Morgan fingerprint density at radius 2 is 1.76 bits per heavy atom. The number of aryl methyl sites for hydroxylation is 1. The van der Waals surface area contributed by atoms with Crippen LogP contribution in [0.3, 0.4) is 0 Å². The van der Waals surface area contributed by atoms with Crippen molar-refractivity contribution in [1.29, 1.82) is 0 Å². The van der Waals surface area contributed by atoms with E-state index >= 15 is 0 Å². The van der Waals surface area contributed by atoms with Gasteiger partial charge in [-0.15, -0.1) is 0 Å². The maximum absolute atomic E-state index is 12.2. The van der Waals surface area contributed by atoms with Crippen molar-refractivity contribution in [2.45, 2.75) is 36.8 Å². The fourth-order valence-corrected chi connectivity index (χ4v) is 3.89. The first kappa shape index (κ1) is 15.0. The van der Waals surface area contributed by atoms with Crippen molar-refractivity contribution in [3.05, 3.63) is 29.8 Å². The Morgan fingerprint density at radius 1 is 1.14 bits per heavy atom. The highest BCUT2D eigenvalue weighted by atomic mass is 32.2. The fourth-order valence-electron chi connectivity index (χ4n) is 2.80. The third-order valence-electron chi connectivity index (χ3n) is 4.20. The molecule has 0 N–H and O–H groups in total. The quantitative estimate of drug-likeness (QED) is 0.790. The minimum absolute atomic E-state index is 0.191. The lowest BCUT2D eigenvalue weighted by atomic mass is 9.88. The Morgan fingerprint density at radius 3 is 2.38 bits per heavy atom. The monoisotopic (exact) mass is 311 g/mol. The van der Waals surface area contributed by atoms with Crippen molar-refractivity contribution in [1.82, 2.24) is 4.90 Å². The Labute approximate surface area is 126 Å². The van der Waals surface area contributed by atoms with Crippen LogP contribution in [0.5, 0.6) is 0 Å². The molecule has 116 valence electrons. The molecule has 1 aromatic rings. The van der Waals surface area contributed by atoms with Crippen LogP contribution in [0.2, 0.25) is 0 Å². The van der Waals surface area contributed by atoms with E-state index in [1.165, 1.54) is 0 Å². The largest absolute Gasteiger partial charge is 0.379 e. The summed E-state index contributed by atoms with van der Waals surface area (Å²) < 4.78 is 35.0. The van der Waals surface area contributed by atoms with Gasteiger partial charge in [0.15, 0.2) is 0 Å². The van der Waals surface area contributed by atoms with Gasteiger partial charge in [0.1, 0.15) is 0 Å². The summed E-state index contributed by atoms with van der Waals surface area (Å²) in [6.45, 7) is 5.33. The van der Waals surface area contributed by atoms with Gasteiger partial charge in [0, 0.05) is 19.1 Å². The van der Waals surface area contributed by atoms with Gasteiger partial charge < -0.3 is 4.74 Å². The van der Waals surface area contributed by atoms with E-state index < -0.39 is 10.1 Å². The molecule has 3 rings (SSSR count). The molecule has 0 radical (unpaired) electrons. The summed E-state index contributed by atoms with van der Waals surface area (Å²) in [4.78, 5) is 2.60. The molecule has 1 aromatic carbocycles. The third kappa shape index (κ3) is 3.45. The van der Waals surface area contributed by atoms with Crippen LogP contribution < -0.4 is 0 Å². The second-order valence-electron chi connectivity index (χ2n) is 5.76. The topological polar surface area (TPSA) is 55.8 Å². The Kier molecular flexibility index (Phi) is 4.31. The summed E-state index contributed by atoms with van der Waals surface area (Å²) in [5.74, 6) is 0. The third-order valence-corrected chi connectivity index (χ3v) is 5.58. The van der Waals surface area contributed by atoms with Crippen LogP contribution in [0, 0.1) is 6.92 Å². The number of benzene rings is 1. The smallest absolute Gasteiger partial charge is 0.297 e. The van der Waals surface area contributed by atoms with Crippen LogP contribution in [0.4, 0.5) is 0 Å². The van der Waals surface area contributed by atoms with Gasteiger partial charge in [-0.2, -0.15) is 8.42 Å². The number of ether oxygens (including phenoxy) is 1. The second-order valence-corrected chi connectivity index (χ2v) is 7.33. The normalized spacial score (nSPS) is 27.3. The molecule has 0 atom stereocenters. The number of rotatable bonds is 4. The average molecular weight is 311 g/mol. The van der Waals surface area contributed by atoms with Crippen LogP contribution in [-0.4, -0.2) is 51.8 Å². The zero-order valence-corrected chi connectivity index (χ0v) is 13.0. The molecular weight excluding hydrogens is 290 g/mol. The highest BCUT2D eigenvalue weighted by molar-refractivity contribution is 7.86. The van der Waals surface area contributed by atoms with E-state index in [2.05, 4.69) is 4.90 Å². The molecule has 1 aliphatic carbocycles. The van der Waals surface area contributed by atoms with Crippen molar-refractivity contribution in [2.75, 3.05) is 26.3 Å². The Hall–Kier alpha value is -0.950. The summed E-state index contributed by atoms with van der Waals surface area (Å²) in [5.41, 5.74) is 1.03. The van der Waals surface area contributed by atoms with Gasteiger partial charge in [-0.3, -0.25) is 9.08 Å². The van der Waals surface area contributed by atoms with E-state index in [-0.39, 0.29) is 11.0 Å². The zero-order chi connectivity index (χ0) is 14.9. The highest BCUT2D eigenvalue weighted by Gasteiger charge is 2.37. The number of hydrogen-bond donors (Lipinski definition) is 0. The van der Waals surface area contributed by atoms with Gasteiger partial charge in [-0.25, -0.2) is 0 Å². The first-order valence-electron chi connectivity index (χ1n) is 7.36. The summed E-state index contributed by atoms with van der Waals surface area (Å²) in [6.07, 6.45) is 1.38. The summed E-state index contributed by atoms with van der Waals surface area (Å²) in [7, 11) is -3.63. The van der Waals surface area contributed by atoms with Gasteiger partial charge in [0.25, 0.3) is 10.1 Å². The molecular formula is C15H21NO4S. The lowest BCUT2D eigenvalue weighted by molar-refractivity contribution is -0.0358. The van der Waals surface area contributed by atoms with Gasteiger partial charge in [0.05, 0.1) is 24.2 Å². The van der Waals surface area contributed by atoms with E-state index in [4.69, 9.17) is 8.92 Å². The van der Waals surface area contributed by atoms with Crippen molar-refractivity contribution < 1.29 is 17.3 Å². The van der Waals surface area contributed by atoms with E-state index in [0.717, 1.165) is 44.7 Å². The summed E-state index contributed by atoms with van der Waals surface area (Å²) in [6, 6.07) is 7.21. The molecule has 0 spiro atoms. The van der Waals surface area contributed by atoms with Crippen LogP contribution in [0.25, 0.3) is 0 Å². The number of nitrogens with zero attached hydrogens (tertiary/aromatic N) is 1. The van der Waals surface area contributed by atoms with Crippen LogP contribution >= 0.6 is 0 Å².